The number of nitrogens with zero attached hydrogens (tertiary/aromatic N) is 1. The monoisotopic (exact) mass is 386 g/mol. The molecule has 1 aliphatic heterocycles. The highest BCUT2D eigenvalue weighted by atomic mass is 16.7. The number of amides is 1. The lowest BCUT2D eigenvalue weighted by Crippen LogP contribution is -2.11. The van der Waals surface area contributed by atoms with Gasteiger partial charge in [-0.3, -0.25) is 4.79 Å². The zero-order chi connectivity index (χ0) is 19.8. The normalized spacial score (nSPS) is 12.3. The smallest absolute Gasteiger partial charge is 0.255 e. The molecule has 1 aliphatic rings. The Hall–Kier alpha value is -3.80. The van der Waals surface area contributed by atoms with Crippen LogP contribution in [0.15, 0.2) is 65.1 Å². The molecule has 0 atom stereocenters. The quantitative estimate of drug-likeness (QED) is 0.532. The number of carbonyl (C=O) groups is 1. The third-order valence-electron chi connectivity index (χ3n) is 4.88. The first-order valence-electron chi connectivity index (χ1n) is 9.40. The van der Waals surface area contributed by atoms with Crippen LogP contribution in [-0.4, -0.2) is 17.7 Å². The molecule has 6 nitrogen and oxygen atoms in total. The summed E-state index contributed by atoms with van der Waals surface area (Å²) in [6, 6.07) is 18.6. The molecule has 1 aromatic heterocycles. The second-order valence-electron chi connectivity index (χ2n) is 6.77. The molecule has 2 heterocycles. The molecule has 5 rings (SSSR count). The fraction of sp³-hybridized carbons (Fsp3) is 0.130. The van der Waals surface area contributed by atoms with Gasteiger partial charge in [-0.2, -0.15) is 0 Å². The molecular weight excluding hydrogens is 368 g/mol. The average Bonchev–Trinajstić information content (AvgIpc) is 3.39. The Kier molecular flexibility index (Phi) is 4.17. The summed E-state index contributed by atoms with van der Waals surface area (Å²) < 4.78 is 16.5. The van der Waals surface area contributed by atoms with E-state index in [1.807, 2.05) is 42.5 Å². The van der Waals surface area contributed by atoms with Gasteiger partial charge in [0.25, 0.3) is 5.91 Å². The predicted octanol–water partition coefficient (Wildman–Crippen LogP) is 5.04. The minimum Gasteiger partial charge on any atom is -0.454 e. The first-order valence-corrected chi connectivity index (χ1v) is 9.40. The molecule has 1 amide bonds. The van der Waals surface area contributed by atoms with Gasteiger partial charge in [0.15, 0.2) is 17.1 Å². The molecule has 0 spiro atoms. The standard InChI is InChI=1S/C23H18N2O4/c1-2-14-3-9-19-18(11-14)25-23(29-19)15-4-7-17(8-5-15)24-22(26)16-6-10-20-21(12-16)28-13-27-20/h3-12H,2,13H2,1H3,(H,24,26). The maximum absolute atomic E-state index is 12.5. The summed E-state index contributed by atoms with van der Waals surface area (Å²) in [5, 5.41) is 2.88. The van der Waals surface area contributed by atoms with Gasteiger partial charge in [0.1, 0.15) is 5.52 Å². The number of aryl methyl sites for hydroxylation is 1. The molecule has 0 unspecified atom stereocenters. The second kappa shape index (κ2) is 6.98. The number of hydrogen-bond donors (Lipinski definition) is 1. The zero-order valence-corrected chi connectivity index (χ0v) is 15.8. The Labute approximate surface area is 167 Å². The number of aromatic nitrogens is 1. The van der Waals surface area contributed by atoms with Gasteiger partial charge in [-0.05, 0) is 66.6 Å². The Morgan fingerprint density at radius 3 is 2.66 bits per heavy atom. The molecule has 0 saturated heterocycles. The van der Waals surface area contributed by atoms with Crippen molar-refractivity contribution in [3.63, 3.8) is 0 Å². The zero-order valence-electron chi connectivity index (χ0n) is 15.8. The second-order valence-corrected chi connectivity index (χ2v) is 6.77. The summed E-state index contributed by atoms with van der Waals surface area (Å²) >= 11 is 0. The summed E-state index contributed by atoms with van der Waals surface area (Å²) in [7, 11) is 0. The number of nitrogens with one attached hydrogen (secondary N) is 1. The Morgan fingerprint density at radius 2 is 1.83 bits per heavy atom. The maximum atomic E-state index is 12.5. The third kappa shape index (κ3) is 3.29. The largest absolute Gasteiger partial charge is 0.454 e. The van der Waals surface area contributed by atoms with Crippen molar-refractivity contribution < 1.29 is 18.7 Å². The van der Waals surface area contributed by atoms with Gasteiger partial charge in [0, 0.05) is 16.8 Å². The van der Waals surface area contributed by atoms with E-state index in [-0.39, 0.29) is 12.7 Å². The van der Waals surface area contributed by atoms with E-state index in [1.165, 1.54) is 5.56 Å². The van der Waals surface area contributed by atoms with Gasteiger partial charge in [-0.1, -0.05) is 13.0 Å². The van der Waals surface area contributed by atoms with Crippen molar-refractivity contribution in [1.82, 2.24) is 4.98 Å². The molecule has 0 aliphatic carbocycles. The van der Waals surface area contributed by atoms with Crippen molar-refractivity contribution in [2.75, 3.05) is 12.1 Å². The van der Waals surface area contributed by atoms with Crippen LogP contribution in [0.1, 0.15) is 22.8 Å². The maximum Gasteiger partial charge on any atom is 0.255 e. The molecule has 6 heteroatoms. The van der Waals surface area contributed by atoms with Crippen LogP contribution >= 0.6 is 0 Å². The fourth-order valence-corrected chi connectivity index (χ4v) is 3.25. The summed E-state index contributed by atoms with van der Waals surface area (Å²) in [5.74, 6) is 1.57. The summed E-state index contributed by atoms with van der Waals surface area (Å²) in [4.78, 5) is 17.1. The van der Waals surface area contributed by atoms with Crippen LogP contribution in [0.3, 0.4) is 0 Å². The molecule has 0 fully saturated rings. The minimum atomic E-state index is -0.218. The number of benzene rings is 3. The highest BCUT2D eigenvalue weighted by molar-refractivity contribution is 6.04. The number of oxazole rings is 1. The third-order valence-corrected chi connectivity index (χ3v) is 4.88. The summed E-state index contributed by atoms with van der Waals surface area (Å²) in [5.41, 5.74) is 4.86. The van der Waals surface area contributed by atoms with E-state index in [2.05, 4.69) is 17.2 Å². The van der Waals surface area contributed by atoms with E-state index in [1.54, 1.807) is 18.2 Å². The van der Waals surface area contributed by atoms with Crippen LogP contribution < -0.4 is 14.8 Å². The van der Waals surface area contributed by atoms with E-state index < -0.39 is 0 Å². The topological polar surface area (TPSA) is 73.6 Å². The van der Waals surface area contributed by atoms with E-state index in [9.17, 15) is 4.79 Å². The number of hydrogen-bond acceptors (Lipinski definition) is 5. The van der Waals surface area contributed by atoms with Gasteiger partial charge >= 0.3 is 0 Å². The lowest BCUT2D eigenvalue weighted by molar-refractivity contribution is 0.102. The number of anilines is 1. The van der Waals surface area contributed by atoms with Crippen LogP contribution in [0.25, 0.3) is 22.6 Å². The van der Waals surface area contributed by atoms with Gasteiger partial charge in [0.05, 0.1) is 0 Å². The molecule has 4 aromatic rings. The van der Waals surface area contributed by atoms with Crippen molar-refractivity contribution in [3.8, 4) is 23.0 Å². The molecule has 0 radical (unpaired) electrons. The van der Waals surface area contributed by atoms with Crippen molar-refractivity contribution in [2.45, 2.75) is 13.3 Å². The van der Waals surface area contributed by atoms with Crippen LogP contribution in [0.2, 0.25) is 0 Å². The molecule has 3 aromatic carbocycles. The first-order chi connectivity index (χ1) is 14.2. The molecule has 144 valence electrons. The van der Waals surface area contributed by atoms with E-state index in [0.717, 1.165) is 23.1 Å². The Balaban J connectivity index is 1.34. The fourth-order valence-electron chi connectivity index (χ4n) is 3.25. The highest BCUT2D eigenvalue weighted by Crippen LogP contribution is 2.33. The number of ether oxygens (including phenoxy) is 2. The van der Waals surface area contributed by atoms with Crippen LogP contribution in [0.4, 0.5) is 5.69 Å². The molecular formula is C23H18N2O4. The van der Waals surface area contributed by atoms with Crippen LogP contribution in [-0.2, 0) is 6.42 Å². The average molecular weight is 386 g/mol. The molecule has 0 bridgehead atoms. The van der Waals surface area contributed by atoms with Gasteiger partial charge < -0.3 is 19.2 Å². The Bertz CT molecular complexity index is 1210. The van der Waals surface area contributed by atoms with E-state index in [4.69, 9.17) is 13.9 Å². The van der Waals surface area contributed by atoms with Gasteiger partial charge in [0.2, 0.25) is 12.7 Å². The highest BCUT2D eigenvalue weighted by Gasteiger charge is 2.16. The minimum absolute atomic E-state index is 0.178. The number of fused-ring (bicyclic) bond motifs is 2. The lowest BCUT2D eigenvalue weighted by Gasteiger charge is -2.06. The van der Waals surface area contributed by atoms with Crippen LogP contribution in [0, 0.1) is 0 Å². The van der Waals surface area contributed by atoms with Crippen molar-refractivity contribution in [1.29, 1.82) is 0 Å². The molecule has 1 N–H and O–H groups in total. The first kappa shape index (κ1) is 17.3. The van der Waals surface area contributed by atoms with Crippen molar-refractivity contribution in [3.05, 3.63) is 71.8 Å². The number of carbonyl (C=O) groups excluding carboxylic acids is 1. The summed E-state index contributed by atoms with van der Waals surface area (Å²) in [6.45, 7) is 2.29. The lowest BCUT2D eigenvalue weighted by atomic mass is 10.1. The predicted molar refractivity (Wildman–Crippen MR) is 109 cm³/mol. The van der Waals surface area contributed by atoms with Gasteiger partial charge in [-0.15, -0.1) is 0 Å². The summed E-state index contributed by atoms with van der Waals surface area (Å²) in [6.07, 6.45) is 0.954. The van der Waals surface area contributed by atoms with E-state index in [0.29, 0.717) is 28.6 Å². The van der Waals surface area contributed by atoms with Crippen molar-refractivity contribution in [2.24, 2.45) is 0 Å². The SMILES string of the molecule is CCc1ccc2oc(-c3ccc(NC(=O)c4ccc5c(c4)OCO5)cc3)nc2c1. The number of rotatable bonds is 4. The molecule has 0 saturated carbocycles. The van der Waals surface area contributed by atoms with Crippen molar-refractivity contribution >= 4 is 22.7 Å². The Morgan fingerprint density at radius 1 is 1.00 bits per heavy atom. The molecule has 29 heavy (non-hydrogen) atoms. The van der Waals surface area contributed by atoms with Gasteiger partial charge in [-0.25, -0.2) is 4.98 Å². The van der Waals surface area contributed by atoms with Crippen LogP contribution in [0.5, 0.6) is 11.5 Å². The van der Waals surface area contributed by atoms with E-state index >= 15 is 0 Å².